The Morgan fingerprint density at radius 1 is 0.509 bits per heavy atom. The molecule has 2 amide bonds. The molecule has 3 aromatic rings. The van der Waals surface area contributed by atoms with Crippen molar-refractivity contribution in [3.8, 4) is 0 Å². The molecule has 0 saturated carbocycles. The number of hydrogen-bond donors (Lipinski definition) is 0. The van der Waals surface area contributed by atoms with Gasteiger partial charge in [0.05, 0.1) is 0 Å². The number of rotatable bonds is 23. The van der Waals surface area contributed by atoms with E-state index in [2.05, 4.69) is 99.6 Å². The summed E-state index contributed by atoms with van der Waals surface area (Å²) in [6.07, 6.45) is 23.1. The molecule has 306 valence electrons. The molecule has 1 heterocycles. The molecule has 0 spiro atoms. The second-order valence-corrected chi connectivity index (χ2v) is 17.6. The van der Waals surface area contributed by atoms with E-state index in [0.717, 1.165) is 10.8 Å². The van der Waals surface area contributed by atoms with Crippen molar-refractivity contribution in [2.75, 3.05) is 6.54 Å². The zero-order valence-corrected chi connectivity index (χ0v) is 37.4. The van der Waals surface area contributed by atoms with Gasteiger partial charge in [0.1, 0.15) is 0 Å². The molecule has 0 N–H and O–H groups in total. The van der Waals surface area contributed by atoms with Crippen LogP contribution in [0.2, 0.25) is 0 Å². The Morgan fingerprint density at radius 3 is 1.36 bits per heavy atom. The highest BCUT2D eigenvalue weighted by molar-refractivity contribution is 6.25. The van der Waals surface area contributed by atoms with Gasteiger partial charge in [-0.15, -0.1) is 0 Å². The molecule has 1 unspecified atom stereocenters. The molecule has 0 bridgehead atoms. The fraction of sp³-hybridized carbons (Fsp3) is 0.654. The third-order valence-corrected chi connectivity index (χ3v) is 15.2. The summed E-state index contributed by atoms with van der Waals surface area (Å²) in [5.74, 6) is 0.272. The number of carbonyl (C=O) groups is 2. The number of benzene rings is 3. The van der Waals surface area contributed by atoms with E-state index < -0.39 is 0 Å². The lowest BCUT2D eigenvalue weighted by Crippen LogP contribution is -2.41. The lowest BCUT2D eigenvalue weighted by Gasteiger charge is -2.53. The first-order valence-corrected chi connectivity index (χ1v) is 22.9. The Bertz CT molecular complexity index is 1500. The van der Waals surface area contributed by atoms with Gasteiger partial charge in [-0.05, 0) is 96.1 Å². The molecule has 1 aliphatic heterocycles. The first-order valence-electron chi connectivity index (χ1n) is 22.9. The Labute approximate surface area is 338 Å². The van der Waals surface area contributed by atoms with Gasteiger partial charge in [-0.1, -0.05) is 194 Å². The monoisotopic (exact) mass is 752 g/mol. The van der Waals surface area contributed by atoms with Gasteiger partial charge in [-0.2, -0.15) is 0 Å². The number of carbonyl (C=O) groups excluding carboxylic acids is 2. The van der Waals surface area contributed by atoms with Crippen molar-refractivity contribution >= 4 is 22.6 Å². The van der Waals surface area contributed by atoms with E-state index in [1.165, 1.54) is 114 Å². The molecule has 3 heteroatoms. The van der Waals surface area contributed by atoms with Crippen LogP contribution in [0.5, 0.6) is 0 Å². The molecular formula is C52H81NO2. The molecule has 1 atom stereocenters. The molecule has 0 saturated heterocycles. The van der Waals surface area contributed by atoms with Crippen molar-refractivity contribution in [2.45, 2.75) is 191 Å². The van der Waals surface area contributed by atoms with E-state index in [1.54, 1.807) is 17.7 Å². The average molecular weight is 752 g/mol. The fourth-order valence-corrected chi connectivity index (χ4v) is 10.8. The lowest BCUT2D eigenvalue weighted by molar-refractivity contribution is -0.0144. The standard InChI is InChI=1S/C38H70.C14H11NO2/c1-11-21-25-28-37(19-9,20-10)32-38(30-35(13-3,14-4)15-5,31-36(16-6,17-7)18-8)29-33(12-2)34-26-23-22-24-27-34;1-2-15-13(16)10-7-3-5-9-6-4-8-11(12(9)10)14(15)17/h22-24,26-27,33H,11-21,25,28-32H2,1-10H3;3-8H,2H2,1H3. The number of nitrogens with zero attached hydrogens (tertiary/aromatic N) is 1. The summed E-state index contributed by atoms with van der Waals surface area (Å²) in [4.78, 5) is 25.6. The van der Waals surface area contributed by atoms with E-state index in [9.17, 15) is 9.59 Å². The molecule has 3 nitrogen and oxygen atoms in total. The van der Waals surface area contributed by atoms with Gasteiger partial charge < -0.3 is 0 Å². The van der Waals surface area contributed by atoms with Crippen LogP contribution >= 0.6 is 0 Å². The van der Waals surface area contributed by atoms with Crippen molar-refractivity contribution in [3.05, 3.63) is 83.4 Å². The molecule has 1 aliphatic rings. The summed E-state index contributed by atoms with van der Waals surface area (Å²) in [6, 6.07) is 22.7. The molecule has 3 aromatic carbocycles. The van der Waals surface area contributed by atoms with Crippen molar-refractivity contribution in [3.63, 3.8) is 0 Å². The van der Waals surface area contributed by atoms with Gasteiger partial charge in [-0.25, -0.2) is 0 Å². The molecule has 0 radical (unpaired) electrons. The summed E-state index contributed by atoms with van der Waals surface area (Å²) in [7, 11) is 0. The molecule has 0 aromatic heterocycles. The molecule has 0 aliphatic carbocycles. The molecule has 4 rings (SSSR count). The second-order valence-electron chi connectivity index (χ2n) is 17.6. The maximum absolute atomic E-state index is 12.1. The zero-order chi connectivity index (χ0) is 40.7. The molecule has 0 fully saturated rings. The molecule has 55 heavy (non-hydrogen) atoms. The minimum Gasteiger partial charge on any atom is -0.275 e. The van der Waals surface area contributed by atoms with E-state index in [0.29, 0.717) is 45.2 Å². The number of hydrogen-bond acceptors (Lipinski definition) is 2. The van der Waals surface area contributed by atoms with Crippen LogP contribution in [0, 0.1) is 21.7 Å². The van der Waals surface area contributed by atoms with Gasteiger partial charge in [0, 0.05) is 23.1 Å². The van der Waals surface area contributed by atoms with Crippen molar-refractivity contribution < 1.29 is 9.59 Å². The Kier molecular flexibility index (Phi) is 18.2. The van der Waals surface area contributed by atoms with E-state index >= 15 is 0 Å². The van der Waals surface area contributed by atoms with E-state index in [4.69, 9.17) is 0 Å². The van der Waals surface area contributed by atoms with Crippen LogP contribution in [0.1, 0.15) is 218 Å². The normalized spacial score (nSPS) is 14.3. The Morgan fingerprint density at radius 2 is 0.964 bits per heavy atom. The van der Waals surface area contributed by atoms with Crippen molar-refractivity contribution in [2.24, 2.45) is 21.7 Å². The largest absolute Gasteiger partial charge is 0.275 e. The number of amides is 2. The zero-order valence-electron chi connectivity index (χ0n) is 37.4. The third-order valence-electron chi connectivity index (χ3n) is 15.2. The van der Waals surface area contributed by atoms with Crippen LogP contribution in [0.4, 0.5) is 0 Å². The number of unbranched alkanes of at least 4 members (excludes halogenated alkanes) is 2. The minimum atomic E-state index is -0.193. The SMILES string of the molecule is CCCCCC(CC)(CC)CC(CC(CC)c1ccccc1)(CC(CC)(CC)CC)CC(CC)(CC)CC.CCN1C(=O)c2cccc3cccc(c23)C1=O. The summed E-state index contributed by atoms with van der Waals surface area (Å²) >= 11 is 0. The second kappa shape index (κ2) is 21.5. The van der Waals surface area contributed by atoms with Crippen LogP contribution in [0.25, 0.3) is 10.8 Å². The van der Waals surface area contributed by atoms with Crippen LogP contribution in [-0.2, 0) is 0 Å². The summed E-state index contributed by atoms with van der Waals surface area (Å²) in [5.41, 5.74) is 4.62. The van der Waals surface area contributed by atoms with Crippen LogP contribution in [-0.4, -0.2) is 23.3 Å². The molecular weight excluding hydrogens is 671 g/mol. The Balaban J connectivity index is 0.000000390. The predicted molar refractivity (Wildman–Crippen MR) is 239 cm³/mol. The van der Waals surface area contributed by atoms with Crippen molar-refractivity contribution in [1.29, 1.82) is 0 Å². The quantitative estimate of drug-likeness (QED) is 0.0715. The number of imide groups is 1. The van der Waals surface area contributed by atoms with Gasteiger partial charge in [-0.3, -0.25) is 14.5 Å². The van der Waals surface area contributed by atoms with E-state index in [1.807, 2.05) is 31.2 Å². The van der Waals surface area contributed by atoms with Crippen LogP contribution in [0.15, 0.2) is 66.7 Å². The van der Waals surface area contributed by atoms with Crippen LogP contribution < -0.4 is 0 Å². The summed E-state index contributed by atoms with van der Waals surface area (Å²) in [5, 5.41) is 1.73. The average Bonchev–Trinajstić information content (AvgIpc) is 3.23. The topological polar surface area (TPSA) is 37.4 Å². The smallest absolute Gasteiger partial charge is 0.261 e. The highest BCUT2D eigenvalue weighted by Crippen LogP contribution is 2.60. The third kappa shape index (κ3) is 10.9. The summed E-state index contributed by atoms with van der Waals surface area (Å²) in [6.45, 7) is 27.0. The lowest BCUT2D eigenvalue weighted by atomic mass is 9.52. The summed E-state index contributed by atoms with van der Waals surface area (Å²) < 4.78 is 0. The van der Waals surface area contributed by atoms with Gasteiger partial charge >= 0.3 is 0 Å². The first kappa shape index (κ1) is 46.4. The fourth-order valence-electron chi connectivity index (χ4n) is 10.8. The predicted octanol–water partition coefficient (Wildman–Crippen LogP) is 16.0. The van der Waals surface area contributed by atoms with Gasteiger partial charge in [0.2, 0.25) is 0 Å². The van der Waals surface area contributed by atoms with Gasteiger partial charge in [0.25, 0.3) is 11.8 Å². The minimum absolute atomic E-state index is 0.193. The highest BCUT2D eigenvalue weighted by Gasteiger charge is 2.48. The highest BCUT2D eigenvalue weighted by atomic mass is 16.2. The van der Waals surface area contributed by atoms with E-state index in [-0.39, 0.29) is 11.8 Å². The first-order chi connectivity index (χ1) is 26.4. The Hall–Kier alpha value is -2.94. The maximum Gasteiger partial charge on any atom is 0.261 e. The van der Waals surface area contributed by atoms with Gasteiger partial charge in [0.15, 0.2) is 0 Å². The maximum atomic E-state index is 12.1. The van der Waals surface area contributed by atoms with Crippen molar-refractivity contribution in [1.82, 2.24) is 4.90 Å². The van der Waals surface area contributed by atoms with Crippen LogP contribution in [0.3, 0.4) is 0 Å².